The van der Waals surface area contributed by atoms with Crippen molar-refractivity contribution < 1.29 is 9.53 Å². The number of carbonyl (C=O) groups is 1. The first-order valence-corrected chi connectivity index (χ1v) is 11.6. The van der Waals surface area contributed by atoms with Crippen LogP contribution in [0, 0.1) is 20.8 Å². The first-order chi connectivity index (χ1) is 15.3. The van der Waals surface area contributed by atoms with E-state index in [2.05, 4.69) is 22.1 Å². The van der Waals surface area contributed by atoms with Crippen molar-refractivity contribution in [3.8, 4) is 5.75 Å². The van der Waals surface area contributed by atoms with Gasteiger partial charge in [0.1, 0.15) is 5.75 Å². The highest BCUT2D eigenvalue weighted by atomic mass is 35.5. The van der Waals surface area contributed by atoms with Gasteiger partial charge in [-0.15, -0.1) is 16.8 Å². The van der Waals surface area contributed by atoms with Gasteiger partial charge in [0.15, 0.2) is 17.1 Å². The molecule has 1 atom stereocenters. The second-order valence-electron chi connectivity index (χ2n) is 7.55. The van der Waals surface area contributed by atoms with Crippen LogP contribution in [0.3, 0.4) is 0 Å². The van der Waals surface area contributed by atoms with E-state index in [1.54, 1.807) is 6.08 Å². The Morgan fingerprint density at radius 1 is 1.19 bits per heavy atom. The van der Waals surface area contributed by atoms with Crippen molar-refractivity contribution in [1.29, 1.82) is 0 Å². The fraction of sp³-hybridized carbons (Fsp3) is 0.292. The molecule has 2 aromatic carbocycles. The van der Waals surface area contributed by atoms with Crippen LogP contribution in [0.2, 0.25) is 5.02 Å². The van der Waals surface area contributed by atoms with Crippen LogP contribution in [0.5, 0.6) is 5.75 Å². The number of amides is 1. The predicted octanol–water partition coefficient (Wildman–Crippen LogP) is 5.91. The van der Waals surface area contributed by atoms with E-state index in [1.165, 1.54) is 17.3 Å². The number of thioether (sulfide) groups is 1. The fourth-order valence-electron chi connectivity index (χ4n) is 3.10. The Hall–Kier alpha value is -2.77. The molecule has 168 valence electrons. The number of carbonyl (C=O) groups excluding carboxylic acids is 1. The van der Waals surface area contributed by atoms with Gasteiger partial charge in [-0.25, -0.2) is 0 Å². The minimum atomic E-state index is -0.346. The van der Waals surface area contributed by atoms with Crippen molar-refractivity contribution in [2.75, 3.05) is 11.1 Å². The molecule has 0 radical (unpaired) electrons. The molecule has 3 rings (SSSR count). The Bertz CT molecular complexity index is 1130. The number of benzene rings is 2. The third-order valence-electron chi connectivity index (χ3n) is 4.99. The quantitative estimate of drug-likeness (QED) is 0.311. The lowest BCUT2D eigenvalue weighted by Gasteiger charge is -2.16. The number of nitrogens with zero attached hydrogens (tertiary/aromatic N) is 3. The molecule has 0 spiro atoms. The molecule has 1 unspecified atom stereocenters. The molecule has 0 bridgehead atoms. The molecule has 1 N–H and O–H groups in total. The van der Waals surface area contributed by atoms with Gasteiger partial charge in [-0.2, -0.15) is 0 Å². The van der Waals surface area contributed by atoms with E-state index in [-0.39, 0.29) is 17.8 Å². The van der Waals surface area contributed by atoms with Gasteiger partial charge in [-0.1, -0.05) is 35.5 Å². The molecule has 0 fully saturated rings. The SMILES string of the molecule is C=CCn1c(SCC(=O)Nc2ccc(C)c(C)c2)nnc1C(C)Oc1ccc(Cl)c(C)c1. The number of anilines is 1. The summed E-state index contributed by atoms with van der Waals surface area (Å²) in [4.78, 5) is 12.4. The molecule has 6 nitrogen and oxygen atoms in total. The standard InChI is InChI=1S/C24H27ClN4O2S/c1-6-11-29-23(18(5)31-20-9-10-21(25)17(4)13-20)27-28-24(29)32-14-22(30)26-19-8-7-15(2)16(3)12-19/h6-10,12-13,18H,1,11,14H2,2-5H3,(H,26,30). The van der Waals surface area contributed by atoms with E-state index in [0.717, 1.165) is 16.8 Å². The summed E-state index contributed by atoms with van der Waals surface area (Å²) >= 11 is 7.43. The average Bonchev–Trinajstić information content (AvgIpc) is 3.15. The summed E-state index contributed by atoms with van der Waals surface area (Å²) < 4.78 is 7.97. The average molecular weight is 471 g/mol. The Kier molecular flexibility index (Phi) is 7.99. The van der Waals surface area contributed by atoms with Gasteiger partial charge in [0.25, 0.3) is 0 Å². The predicted molar refractivity (Wildman–Crippen MR) is 131 cm³/mol. The van der Waals surface area contributed by atoms with E-state index in [4.69, 9.17) is 16.3 Å². The molecule has 0 saturated carbocycles. The highest BCUT2D eigenvalue weighted by Gasteiger charge is 2.20. The molecule has 8 heteroatoms. The van der Waals surface area contributed by atoms with Crippen LogP contribution in [0.4, 0.5) is 5.69 Å². The van der Waals surface area contributed by atoms with Gasteiger partial charge >= 0.3 is 0 Å². The zero-order valence-electron chi connectivity index (χ0n) is 18.7. The van der Waals surface area contributed by atoms with E-state index in [0.29, 0.717) is 28.3 Å². The number of hydrogen-bond acceptors (Lipinski definition) is 5. The Balaban J connectivity index is 1.67. The number of rotatable bonds is 9. The molecular weight excluding hydrogens is 444 g/mol. The van der Waals surface area contributed by atoms with Crippen molar-refractivity contribution in [3.05, 3.63) is 76.6 Å². The van der Waals surface area contributed by atoms with Crippen molar-refractivity contribution in [1.82, 2.24) is 14.8 Å². The maximum absolute atomic E-state index is 12.4. The van der Waals surface area contributed by atoms with Gasteiger partial charge in [-0.3, -0.25) is 9.36 Å². The molecule has 3 aromatic rings. The number of ether oxygens (including phenoxy) is 1. The number of hydrogen-bond donors (Lipinski definition) is 1. The number of halogens is 1. The summed E-state index contributed by atoms with van der Waals surface area (Å²) in [6.45, 7) is 12.2. The van der Waals surface area contributed by atoms with E-state index in [1.807, 2.05) is 68.7 Å². The van der Waals surface area contributed by atoms with Crippen LogP contribution >= 0.6 is 23.4 Å². The smallest absolute Gasteiger partial charge is 0.234 e. The second kappa shape index (κ2) is 10.7. The van der Waals surface area contributed by atoms with Crippen molar-refractivity contribution in [3.63, 3.8) is 0 Å². The van der Waals surface area contributed by atoms with E-state index < -0.39 is 0 Å². The first-order valence-electron chi connectivity index (χ1n) is 10.2. The topological polar surface area (TPSA) is 69.0 Å². The summed E-state index contributed by atoms with van der Waals surface area (Å²) in [5.74, 6) is 1.48. The molecule has 0 saturated heterocycles. The Morgan fingerprint density at radius 3 is 2.66 bits per heavy atom. The fourth-order valence-corrected chi connectivity index (χ4v) is 3.97. The number of aryl methyl sites for hydroxylation is 3. The van der Waals surface area contributed by atoms with Gasteiger partial charge in [-0.05, 0) is 74.7 Å². The molecule has 32 heavy (non-hydrogen) atoms. The van der Waals surface area contributed by atoms with Gasteiger partial charge in [0, 0.05) is 17.3 Å². The molecule has 0 aliphatic heterocycles. The Labute approximate surface area is 198 Å². The molecule has 1 aromatic heterocycles. The highest BCUT2D eigenvalue weighted by molar-refractivity contribution is 7.99. The summed E-state index contributed by atoms with van der Waals surface area (Å²) in [6.07, 6.45) is 1.42. The first kappa shape index (κ1) is 23.9. The molecule has 1 amide bonds. The molecular formula is C24H27ClN4O2S. The lowest BCUT2D eigenvalue weighted by molar-refractivity contribution is -0.113. The zero-order chi connectivity index (χ0) is 23.3. The lowest BCUT2D eigenvalue weighted by atomic mass is 10.1. The number of nitrogens with one attached hydrogen (secondary N) is 1. The minimum Gasteiger partial charge on any atom is -0.483 e. The van der Waals surface area contributed by atoms with E-state index >= 15 is 0 Å². The third-order valence-corrected chi connectivity index (χ3v) is 6.38. The summed E-state index contributed by atoms with van der Waals surface area (Å²) in [6, 6.07) is 11.4. The summed E-state index contributed by atoms with van der Waals surface area (Å²) in [5.41, 5.74) is 4.05. The highest BCUT2D eigenvalue weighted by Crippen LogP contribution is 2.27. The maximum Gasteiger partial charge on any atom is 0.234 e. The zero-order valence-corrected chi connectivity index (χ0v) is 20.3. The van der Waals surface area contributed by atoms with E-state index in [9.17, 15) is 4.79 Å². The number of aromatic nitrogens is 3. The maximum atomic E-state index is 12.4. The normalized spacial score (nSPS) is 11.8. The number of allylic oxidation sites excluding steroid dienone is 1. The largest absolute Gasteiger partial charge is 0.483 e. The van der Waals surface area contributed by atoms with Crippen LogP contribution in [-0.2, 0) is 11.3 Å². The van der Waals surface area contributed by atoms with Crippen molar-refractivity contribution >= 4 is 35.0 Å². The summed E-state index contributed by atoms with van der Waals surface area (Å²) in [5, 5.41) is 12.9. The van der Waals surface area contributed by atoms with Crippen LogP contribution < -0.4 is 10.1 Å². The van der Waals surface area contributed by atoms with Crippen LogP contribution in [0.1, 0.15) is 35.5 Å². The summed E-state index contributed by atoms with van der Waals surface area (Å²) in [7, 11) is 0. The van der Waals surface area contributed by atoms with Crippen LogP contribution in [0.25, 0.3) is 0 Å². The molecule has 0 aliphatic rings. The van der Waals surface area contributed by atoms with Crippen LogP contribution in [-0.4, -0.2) is 26.4 Å². The van der Waals surface area contributed by atoms with Crippen molar-refractivity contribution in [2.45, 2.75) is 45.5 Å². The van der Waals surface area contributed by atoms with Gasteiger partial charge in [0.05, 0.1) is 5.75 Å². The van der Waals surface area contributed by atoms with Gasteiger partial charge in [0.2, 0.25) is 5.91 Å². The van der Waals surface area contributed by atoms with Crippen molar-refractivity contribution in [2.24, 2.45) is 0 Å². The van der Waals surface area contributed by atoms with Crippen LogP contribution in [0.15, 0.2) is 54.2 Å². The third kappa shape index (κ3) is 5.93. The lowest BCUT2D eigenvalue weighted by Crippen LogP contribution is -2.15. The molecule has 1 heterocycles. The minimum absolute atomic E-state index is 0.103. The molecule has 0 aliphatic carbocycles. The second-order valence-corrected chi connectivity index (χ2v) is 8.90. The monoisotopic (exact) mass is 470 g/mol. The Morgan fingerprint density at radius 2 is 1.97 bits per heavy atom. The van der Waals surface area contributed by atoms with Gasteiger partial charge < -0.3 is 10.1 Å².